The van der Waals surface area contributed by atoms with Gasteiger partial charge < -0.3 is 10.6 Å². The minimum atomic E-state index is 0.650. The highest BCUT2D eigenvalue weighted by Crippen LogP contribution is 2.44. The fourth-order valence-electron chi connectivity index (χ4n) is 2.42. The van der Waals surface area contributed by atoms with Crippen LogP contribution in [0.25, 0.3) is 0 Å². The zero-order valence-electron chi connectivity index (χ0n) is 10.6. The smallest absolute Gasteiger partial charge is 0.185 e. The maximum atomic E-state index is 5.82. The van der Waals surface area contributed by atoms with E-state index in [1.165, 1.54) is 35.0 Å². The van der Waals surface area contributed by atoms with Crippen molar-refractivity contribution in [2.75, 3.05) is 18.5 Å². The summed E-state index contributed by atoms with van der Waals surface area (Å²) in [7, 11) is 2.17. The van der Waals surface area contributed by atoms with Crippen LogP contribution in [0.4, 0.5) is 5.13 Å². The molecule has 0 bridgehead atoms. The summed E-state index contributed by atoms with van der Waals surface area (Å²) in [5.41, 5.74) is 7.11. The Labute approximate surface area is 107 Å². The highest BCUT2D eigenvalue weighted by atomic mass is 32.1. The van der Waals surface area contributed by atoms with Crippen LogP contribution in [0.3, 0.4) is 0 Å². The van der Waals surface area contributed by atoms with E-state index in [1.807, 2.05) is 0 Å². The first-order chi connectivity index (χ1) is 8.19. The number of rotatable bonds is 5. The van der Waals surface area contributed by atoms with E-state index in [4.69, 9.17) is 10.7 Å². The fraction of sp³-hybridized carbons (Fsp3) is 0.769. The topological polar surface area (TPSA) is 42.2 Å². The lowest BCUT2D eigenvalue weighted by Gasteiger charge is -2.15. The van der Waals surface area contributed by atoms with E-state index in [-0.39, 0.29) is 0 Å². The van der Waals surface area contributed by atoms with Crippen molar-refractivity contribution < 1.29 is 0 Å². The number of thiazole rings is 1. The summed E-state index contributed by atoms with van der Waals surface area (Å²) < 4.78 is 0. The Kier molecular flexibility index (Phi) is 2.87. The van der Waals surface area contributed by atoms with Crippen molar-refractivity contribution in [3.05, 3.63) is 10.6 Å². The zero-order valence-corrected chi connectivity index (χ0v) is 11.5. The molecule has 1 aromatic rings. The third kappa shape index (κ3) is 2.33. The van der Waals surface area contributed by atoms with Gasteiger partial charge in [0, 0.05) is 30.9 Å². The molecular formula is C13H21N3S. The van der Waals surface area contributed by atoms with E-state index in [1.54, 1.807) is 11.3 Å². The fourth-order valence-corrected chi connectivity index (χ4v) is 3.41. The summed E-state index contributed by atoms with van der Waals surface area (Å²) in [5, 5.41) is 1.17. The zero-order chi connectivity index (χ0) is 12.0. The monoisotopic (exact) mass is 251 g/mol. The lowest BCUT2D eigenvalue weighted by Crippen LogP contribution is -2.20. The third-order valence-corrected chi connectivity index (χ3v) is 5.18. The number of anilines is 1. The van der Waals surface area contributed by atoms with E-state index in [0.29, 0.717) is 12.5 Å². The minimum absolute atomic E-state index is 0.650. The second kappa shape index (κ2) is 4.25. The SMILES string of the molecule is CC1CC1CN(C)c1nc(C2CC2)c(CN)s1. The summed E-state index contributed by atoms with van der Waals surface area (Å²) in [5.74, 6) is 2.51. The standard InChI is InChI=1S/C13H21N3S/c1-8-5-10(8)7-16(2)13-15-12(9-3-4-9)11(6-14)17-13/h8-10H,3-7,14H2,1-2H3. The molecule has 3 rings (SSSR count). The largest absolute Gasteiger partial charge is 0.351 e. The van der Waals surface area contributed by atoms with Crippen LogP contribution in [0.5, 0.6) is 0 Å². The molecule has 2 aliphatic carbocycles. The Bertz CT molecular complexity index is 411. The number of hydrogen-bond donors (Lipinski definition) is 1. The van der Waals surface area contributed by atoms with Crippen LogP contribution >= 0.6 is 11.3 Å². The van der Waals surface area contributed by atoms with Gasteiger partial charge in [-0.15, -0.1) is 11.3 Å². The van der Waals surface area contributed by atoms with E-state index < -0.39 is 0 Å². The normalized spacial score (nSPS) is 27.2. The summed E-state index contributed by atoms with van der Waals surface area (Å²) in [4.78, 5) is 8.44. The minimum Gasteiger partial charge on any atom is -0.351 e. The van der Waals surface area contributed by atoms with Gasteiger partial charge in [-0.05, 0) is 31.1 Å². The summed E-state index contributed by atoms with van der Waals surface area (Å²) in [6.07, 6.45) is 3.99. The predicted molar refractivity (Wildman–Crippen MR) is 72.5 cm³/mol. The molecule has 2 atom stereocenters. The maximum Gasteiger partial charge on any atom is 0.185 e. The second-order valence-electron chi connectivity index (χ2n) is 5.64. The first-order valence-electron chi connectivity index (χ1n) is 6.59. The molecule has 0 saturated heterocycles. The molecule has 3 nitrogen and oxygen atoms in total. The Hall–Kier alpha value is -0.610. The van der Waals surface area contributed by atoms with Crippen molar-refractivity contribution in [1.29, 1.82) is 0 Å². The number of nitrogens with two attached hydrogens (primary N) is 1. The molecule has 94 valence electrons. The molecule has 2 unspecified atom stereocenters. The Balaban J connectivity index is 1.72. The van der Waals surface area contributed by atoms with Crippen LogP contribution in [0.2, 0.25) is 0 Å². The third-order valence-electron chi connectivity index (χ3n) is 3.98. The Morgan fingerprint density at radius 3 is 2.71 bits per heavy atom. The van der Waals surface area contributed by atoms with Gasteiger partial charge in [0.15, 0.2) is 5.13 Å². The molecule has 1 aromatic heterocycles. The molecule has 0 aliphatic heterocycles. The van der Waals surface area contributed by atoms with E-state index in [9.17, 15) is 0 Å². The van der Waals surface area contributed by atoms with Crippen LogP contribution < -0.4 is 10.6 Å². The molecule has 0 radical (unpaired) electrons. The number of nitrogens with zero attached hydrogens (tertiary/aromatic N) is 2. The van der Waals surface area contributed by atoms with Gasteiger partial charge in [0.05, 0.1) is 5.69 Å². The molecule has 1 heterocycles. The average molecular weight is 251 g/mol. The average Bonchev–Trinajstić information content (AvgIpc) is 3.21. The van der Waals surface area contributed by atoms with Crippen molar-refractivity contribution in [2.45, 2.75) is 38.6 Å². The molecule has 0 aromatic carbocycles. The predicted octanol–water partition coefficient (Wildman–Crippen LogP) is 2.57. The molecule has 17 heavy (non-hydrogen) atoms. The summed E-state index contributed by atoms with van der Waals surface area (Å²) in [6.45, 7) is 4.14. The first-order valence-corrected chi connectivity index (χ1v) is 7.41. The van der Waals surface area contributed by atoms with Crippen LogP contribution in [-0.4, -0.2) is 18.6 Å². The Morgan fingerprint density at radius 1 is 1.47 bits per heavy atom. The number of hydrogen-bond acceptors (Lipinski definition) is 4. The first kappa shape index (κ1) is 11.5. The molecule has 2 fully saturated rings. The van der Waals surface area contributed by atoms with E-state index in [2.05, 4.69) is 18.9 Å². The quantitative estimate of drug-likeness (QED) is 0.874. The van der Waals surface area contributed by atoms with E-state index >= 15 is 0 Å². The van der Waals surface area contributed by atoms with Crippen molar-refractivity contribution in [2.24, 2.45) is 17.6 Å². The summed E-state index contributed by atoms with van der Waals surface area (Å²) >= 11 is 1.80. The van der Waals surface area contributed by atoms with Crippen molar-refractivity contribution in [3.63, 3.8) is 0 Å². The highest BCUT2D eigenvalue weighted by Gasteiger charge is 2.34. The van der Waals surface area contributed by atoms with Gasteiger partial charge in [-0.1, -0.05) is 6.92 Å². The van der Waals surface area contributed by atoms with Crippen molar-refractivity contribution in [3.8, 4) is 0 Å². The molecule has 2 saturated carbocycles. The highest BCUT2D eigenvalue weighted by molar-refractivity contribution is 7.15. The van der Waals surface area contributed by atoms with Gasteiger partial charge in [0.1, 0.15) is 0 Å². The van der Waals surface area contributed by atoms with Gasteiger partial charge in [0.25, 0.3) is 0 Å². The second-order valence-corrected chi connectivity index (χ2v) is 6.70. The lowest BCUT2D eigenvalue weighted by molar-refractivity contribution is 0.723. The number of aromatic nitrogens is 1. The summed E-state index contributed by atoms with van der Waals surface area (Å²) in [6, 6.07) is 0. The van der Waals surface area contributed by atoms with E-state index in [0.717, 1.165) is 18.4 Å². The van der Waals surface area contributed by atoms with Crippen LogP contribution in [-0.2, 0) is 6.54 Å². The lowest BCUT2D eigenvalue weighted by atomic mass is 10.2. The van der Waals surface area contributed by atoms with Gasteiger partial charge in [-0.3, -0.25) is 0 Å². The Morgan fingerprint density at radius 2 is 2.18 bits per heavy atom. The molecule has 0 amide bonds. The molecule has 2 N–H and O–H groups in total. The van der Waals surface area contributed by atoms with Gasteiger partial charge in [-0.25, -0.2) is 4.98 Å². The van der Waals surface area contributed by atoms with Crippen molar-refractivity contribution in [1.82, 2.24) is 4.98 Å². The molecule has 4 heteroatoms. The molecular weight excluding hydrogens is 230 g/mol. The van der Waals surface area contributed by atoms with Crippen LogP contribution in [0.1, 0.15) is 42.7 Å². The maximum absolute atomic E-state index is 5.82. The van der Waals surface area contributed by atoms with Crippen LogP contribution in [0.15, 0.2) is 0 Å². The molecule has 2 aliphatic rings. The van der Waals surface area contributed by atoms with Gasteiger partial charge in [-0.2, -0.15) is 0 Å². The van der Waals surface area contributed by atoms with Crippen LogP contribution in [0, 0.1) is 11.8 Å². The molecule has 0 spiro atoms. The van der Waals surface area contributed by atoms with Crippen molar-refractivity contribution >= 4 is 16.5 Å². The van der Waals surface area contributed by atoms with Gasteiger partial charge in [0.2, 0.25) is 0 Å². The van der Waals surface area contributed by atoms with Gasteiger partial charge >= 0.3 is 0 Å².